The molecule has 1 aromatic heterocycles. The number of carboxylic acids is 1. The number of rotatable bonds is 4. The SMILES string of the molecule is O=C1NC(=O)N(c2ccc(Cl)cc2)C(=O)C1=Cc1cccn1-c1ccc(C(=O)O)cc1. The van der Waals surface area contributed by atoms with Crippen LogP contribution in [-0.4, -0.2) is 33.5 Å². The molecular weight excluding hydrogens is 422 g/mol. The molecule has 31 heavy (non-hydrogen) atoms. The van der Waals surface area contributed by atoms with Gasteiger partial charge in [0.25, 0.3) is 11.8 Å². The number of carbonyl (C=O) groups excluding carboxylic acids is 3. The highest BCUT2D eigenvalue weighted by molar-refractivity contribution is 6.39. The van der Waals surface area contributed by atoms with Crippen LogP contribution in [0, 0.1) is 0 Å². The highest BCUT2D eigenvalue weighted by atomic mass is 35.5. The molecule has 4 rings (SSSR count). The Morgan fingerprint density at radius 1 is 0.935 bits per heavy atom. The van der Waals surface area contributed by atoms with Gasteiger partial charge in [-0.05, 0) is 66.7 Å². The van der Waals surface area contributed by atoms with Crippen molar-refractivity contribution in [2.24, 2.45) is 0 Å². The Morgan fingerprint density at radius 2 is 1.58 bits per heavy atom. The van der Waals surface area contributed by atoms with E-state index in [2.05, 4.69) is 5.32 Å². The molecule has 0 aliphatic carbocycles. The van der Waals surface area contributed by atoms with E-state index in [0.29, 0.717) is 16.4 Å². The summed E-state index contributed by atoms with van der Waals surface area (Å²) in [5.74, 6) is -2.63. The average Bonchev–Trinajstić information content (AvgIpc) is 3.20. The van der Waals surface area contributed by atoms with Crippen LogP contribution in [0.4, 0.5) is 10.5 Å². The molecule has 3 aromatic rings. The van der Waals surface area contributed by atoms with Crippen molar-refractivity contribution in [1.82, 2.24) is 9.88 Å². The monoisotopic (exact) mass is 435 g/mol. The molecule has 8 nitrogen and oxygen atoms in total. The zero-order chi connectivity index (χ0) is 22.1. The van der Waals surface area contributed by atoms with Crippen LogP contribution in [0.5, 0.6) is 0 Å². The fourth-order valence-electron chi connectivity index (χ4n) is 3.14. The Kier molecular flexibility index (Phi) is 5.14. The van der Waals surface area contributed by atoms with Gasteiger partial charge in [-0.3, -0.25) is 14.9 Å². The smallest absolute Gasteiger partial charge is 0.335 e. The minimum absolute atomic E-state index is 0.134. The molecule has 2 N–H and O–H groups in total. The van der Waals surface area contributed by atoms with Gasteiger partial charge in [0, 0.05) is 22.6 Å². The number of carboxylic acid groups (broad SMARTS) is 1. The van der Waals surface area contributed by atoms with Gasteiger partial charge < -0.3 is 9.67 Å². The molecule has 2 aromatic carbocycles. The molecule has 9 heteroatoms. The van der Waals surface area contributed by atoms with Gasteiger partial charge in [-0.2, -0.15) is 0 Å². The number of aromatic nitrogens is 1. The second-order valence-corrected chi connectivity index (χ2v) is 7.03. The Morgan fingerprint density at radius 3 is 2.23 bits per heavy atom. The average molecular weight is 436 g/mol. The Balaban J connectivity index is 1.71. The summed E-state index contributed by atoms with van der Waals surface area (Å²) in [6, 6.07) is 14.7. The van der Waals surface area contributed by atoms with Gasteiger partial charge in [-0.1, -0.05) is 11.6 Å². The molecule has 1 aliphatic rings. The lowest BCUT2D eigenvalue weighted by molar-refractivity contribution is -0.122. The lowest BCUT2D eigenvalue weighted by Gasteiger charge is -2.26. The third-order valence-corrected chi connectivity index (χ3v) is 4.90. The quantitative estimate of drug-likeness (QED) is 0.481. The topological polar surface area (TPSA) is 109 Å². The lowest BCUT2D eigenvalue weighted by Crippen LogP contribution is -2.54. The fraction of sp³-hybridized carbons (Fsp3) is 0. The lowest BCUT2D eigenvalue weighted by atomic mass is 10.1. The van der Waals surface area contributed by atoms with E-state index in [9.17, 15) is 19.2 Å². The van der Waals surface area contributed by atoms with Crippen molar-refractivity contribution in [3.05, 3.63) is 88.7 Å². The first-order chi connectivity index (χ1) is 14.8. The number of halogens is 1. The molecule has 4 amide bonds. The van der Waals surface area contributed by atoms with Crippen LogP contribution in [-0.2, 0) is 9.59 Å². The summed E-state index contributed by atoms with van der Waals surface area (Å²) in [6.45, 7) is 0. The van der Waals surface area contributed by atoms with Gasteiger partial charge in [0.15, 0.2) is 0 Å². The van der Waals surface area contributed by atoms with Crippen LogP contribution in [0.3, 0.4) is 0 Å². The number of imide groups is 2. The van der Waals surface area contributed by atoms with Crippen LogP contribution in [0.25, 0.3) is 11.8 Å². The summed E-state index contributed by atoms with van der Waals surface area (Å²) in [5, 5.41) is 11.7. The van der Waals surface area contributed by atoms with Crippen molar-refractivity contribution in [2.75, 3.05) is 4.90 Å². The van der Waals surface area contributed by atoms with Crippen LogP contribution >= 0.6 is 11.6 Å². The number of nitrogens with zero attached hydrogens (tertiary/aromatic N) is 2. The van der Waals surface area contributed by atoms with Crippen LogP contribution in [0.1, 0.15) is 16.1 Å². The van der Waals surface area contributed by atoms with Crippen molar-refractivity contribution in [1.29, 1.82) is 0 Å². The first-order valence-electron chi connectivity index (χ1n) is 9.03. The number of aromatic carboxylic acids is 1. The number of carbonyl (C=O) groups is 4. The third-order valence-electron chi connectivity index (χ3n) is 4.65. The molecule has 1 saturated heterocycles. The molecule has 1 fully saturated rings. The molecule has 0 atom stereocenters. The van der Waals surface area contributed by atoms with E-state index in [1.807, 2.05) is 0 Å². The van der Waals surface area contributed by atoms with E-state index in [-0.39, 0.29) is 16.8 Å². The zero-order valence-electron chi connectivity index (χ0n) is 15.8. The molecule has 0 bridgehead atoms. The summed E-state index contributed by atoms with van der Waals surface area (Å²) in [5.41, 5.74) is 1.31. The summed E-state index contributed by atoms with van der Waals surface area (Å²) < 4.78 is 1.68. The maximum atomic E-state index is 13.0. The van der Waals surface area contributed by atoms with Crippen molar-refractivity contribution < 1.29 is 24.3 Å². The maximum Gasteiger partial charge on any atom is 0.335 e. The number of barbiturate groups is 1. The molecule has 0 radical (unpaired) electrons. The van der Waals surface area contributed by atoms with Gasteiger partial charge in [0.1, 0.15) is 5.57 Å². The molecule has 0 saturated carbocycles. The Bertz CT molecular complexity index is 1240. The molecule has 2 heterocycles. The standard InChI is InChI=1S/C22H14ClN3O5/c23-14-5-9-16(10-6-14)26-20(28)18(19(27)24-22(26)31)12-17-2-1-11-25(17)15-7-3-13(4-8-15)21(29)30/h1-12H,(H,29,30)(H,24,27,31). The largest absolute Gasteiger partial charge is 0.478 e. The summed E-state index contributed by atoms with van der Waals surface area (Å²) >= 11 is 5.87. The number of hydrogen-bond donors (Lipinski definition) is 2. The second kappa shape index (κ2) is 7.92. The van der Waals surface area contributed by atoms with Crippen molar-refractivity contribution in [2.45, 2.75) is 0 Å². The number of urea groups is 1. The van der Waals surface area contributed by atoms with Crippen LogP contribution in [0.2, 0.25) is 5.02 Å². The number of hydrogen-bond acceptors (Lipinski definition) is 4. The van der Waals surface area contributed by atoms with E-state index < -0.39 is 23.8 Å². The second-order valence-electron chi connectivity index (χ2n) is 6.59. The number of amides is 4. The van der Waals surface area contributed by atoms with Gasteiger partial charge in [-0.25, -0.2) is 14.5 Å². The normalized spacial score (nSPS) is 15.3. The van der Waals surface area contributed by atoms with Crippen LogP contribution < -0.4 is 10.2 Å². The highest BCUT2D eigenvalue weighted by Crippen LogP contribution is 2.24. The maximum absolute atomic E-state index is 13.0. The number of nitrogens with one attached hydrogen (secondary N) is 1. The highest BCUT2D eigenvalue weighted by Gasteiger charge is 2.37. The van der Waals surface area contributed by atoms with Gasteiger partial charge in [0.2, 0.25) is 0 Å². The Hall–Kier alpha value is -4.17. The third kappa shape index (κ3) is 3.84. The van der Waals surface area contributed by atoms with E-state index >= 15 is 0 Å². The minimum atomic E-state index is -1.04. The van der Waals surface area contributed by atoms with E-state index in [4.69, 9.17) is 16.7 Å². The predicted octanol–water partition coefficient (Wildman–Crippen LogP) is 3.50. The summed E-state index contributed by atoms with van der Waals surface area (Å²) in [7, 11) is 0. The minimum Gasteiger partial charge on any atom is -0.478 e. The molecular formula is C22H14ClN3O5. The van der Waals surface area contributed by atoms with Crippen molar-refractivity contribution >= 4 is 47.2 Å². The first-order valence-corrected chi connectivity index (χ1v) is 9.41. The molecule has 0 spiro atoms. The van der Waals surface area contributed by atoms with Crippen molar-refractivity contribution in [3.8, 4) is 5.69 Å². The van der Waals surface area contributed by atoms with E-state index in [1.54, 1.807) is 35.0 Å². The summed E-state index contributed by atoms with van der Waals surface area (Å²) in [6.07, 6.45) is 3.08. The first kappa shape index (κ1) is 20.1. The van der Waals surface area contributed by atoms with E-state index in [1.165, 1.54) is 42.5 Å². The fourth-order valence-corrected chi connectivity index (χ4v) is 3.27. The molecule has 154 valence electrons. The van der Waals surface area contributed by atoms with E-state index in [0.717, 1.165) is 4.90 Å². The molecule has 1 aliphatic heterocycles. The van der Waals surface area contributed by atoms with Crippen molar-refractivity contribution in [3.63, 3.8) is 0 Å². The molecule has 0 unspecified atom stereocenters. The predicted molar refractivity (Wildman–Crippen MR) is 113 cm³/mol. The number of benzene rings is 2. The van der Waals surface area contributed by atoms with Gasteiger partial charge in [-0.15, -0.1) is 0 Å². The van der Waals surface area contributed by atoms with Crippen LogP contribution in [0.15, 0.2) is 72.4 Å². The number of anilines is 1. The van der Waals surface area contributed by atoms with Gasteiger partial charge in [0.05, 0.1) is 11.3 Å². The Labute approximate surface area is 181 Å². The zero-order valence-corrected chi connectivity index (χ0v) is 16.5. The summed E-state index contributed by atoms with van der Waals surface area (Å²) in [4.78, 5) is 49.6. The van der Waals surface area contributed by atoms with Gasteiger partial charge >= 0.3 is 12.0 Å².